The molecular formula is C21H26N6O. The van der Waals surface area contributed by atoms with Gasteiger partial charge in [0, 0.05) is 37.9 Å². The van der Waals surface area contributed by atoms with Crippen LogP contribution < -0.4 is 5.32 Å². The summed E-state index contributed by atoms with van der Waals surface area (Å²) >= 11 is 0. The molecule has 2 N–H and O–H groups in total. The molecule has 3 heterocycles. The fourth-order valence-electron chi connectivity index (χ4n) is 3.99. The Kier molecular flexibility index (Phi) is 4.77. The van der Waals surface area contributed by atoms with Crippen molar-refractivity contribution in [3.8, 4) is 11.3 Å². The first kappa shape index (κ1) is 18.4. The molecule has 1 atom stereocenters. The second-order valence-corrected chi connectivity index (χ2v) is 7.45. The number of hydrogen-bond acceptors (Lipinski definition) is 4. The third-order valence-electron chi connectivity index (χ3n) is 5.60. The van der Waals surface area contributed by atoms with E-state index in [2.05, 4.69) is 39.7 Å². The Hall–Kier alpha value is -2.93. The van der Waals surface area contributed by atoms with Crippen LogP contribution in [0.1, 0.15) is 39.0 Å². The summed E-state index contributed by atoms with van der Waals surface area (Å²) in [6.07, 6.45) is 0. The number of H-pyrrole nitrogens is 1. The van der Waals surface area contributed by atoms with Crippen molar-refractivity contribution in [3.05, 3.63) is 58.5 Å². The SMILES string of the molecule is Cc1ccccc1C1CN(C(=O)c2cc(-c3c(C)nn(C)c3C)n[nH]2)CCN1. The van der Waals surface area contributed by atoms with E-state index in [0.717, 1.165) is 29.2 Å². The van der Waals surface area contributed by atoms with Crippen molar-refractivity contribution in [1.82, 2.24) is 30.2 Å². The van der Waals surface area contributed by atoms with Crippen molar-refractivity contribution in [2.45, 2.75) is 26.8 Å². The van der Waals surface area contributed by atoms with Gasteiger partial charge < -0.3 is 10.2 Å². The number of amides is 1. The average molecular weight is 378 g/mol. The van der Waals surface area contributed by atoms with Gasteiger partial charge in [-0.15, -0.1) is 0 Å². The van der Waals surface area contributed by atoms with Crippen LogP contribution in [-0.2, 0) is 7.05 Å². The third-order valence-corrected chi connectivity index (χ3v) is 5.60. The van der Waals surface area contributed by atoms with Gasteiger partial charge in [0.05, 0.1) is 17.4 Å². The molecule has 1 fully saturated rings. The molecular weight excluding hydrogens is 352 g/mol. The Morgan fingerprint density at radius 1 is 1.21 bits per heavy atom. The number of benzene rings is 1. The molecule has 1 unspecified atom stereocenters. The lowest BCUT2D eigenvalue weighted by atomic mass is 9.99. The predicted octanol–water partition coefficient (Wildman–Crippen LogP) is 2.52. The number of piperazine rings is 1. The molecule has 28 heavy (non-hydrogen) atoms. The smallest absolute Gasteiger partial charge is 0.271 e. The van der Waals surface area contributed by atoms with Crippen molar-refractivity contribution < 1.29 is 4.79 Å². The van der Waals surface area contributed by atoms with E-state index in [1.165, 1.54) is 11.1 Å². The fraction of sp³-hybridized carbons (Fsp3) is 0.381. The molecule has 1 amide bonds. The topological polar surface area (TPSA) is 78.8 Å². The minimum absolute atomic E-state index is 0.0157. The Morgan fingerprint density at radius 3 is 2.71 bits per heavy atom. The van der Waals surface area contributed by atoms with Crippen molar-refractivity contribution >= 4 is 5.91 Å². The summed E-state index contributed by atoms with van der Waals surface area (Å²) in [5.74, 6) is -0.0157. The molecule has 1 aliphatic rings. The lowest BCUT2D eigenvalue weighted by Crippen LogP contribution is -2.48. The second-order valence-electron chi connectivity index (χ2n) is 7.45. The summed E-state index contributed by atoms with van der Waals surface area (Å²) in [7, 11) is 1.91. The molecule has 146 valence electrons. The predicted molar refractivity (Wildman–Crippen MR) is 108 cm³/mol. The fourth-order valence-corrected chi connectivity index (χ4v) is 3.99. The largest absolute Gasteiger partial charge is 0.334 e. The number of nitrogens with one attached hydrogen (secondary N) is 2. The summed E-state index contributed by atoms with van der Waals surface area (Å²) in [5, 5.41) is 15.3. The van der Waals surface area contributed by atoms with E-state index in [1.54, 1.807) is 0 Å². The molecule has 0 radical (unpaired) electrons. The van der Waals surface area contributed by atoms with Crippen molar-refractivity contribution in [3.63, 3.8) is 0 Å². The zero-order valence-corrected chi connectivity index (χ0v) is 16.8. The molecule has 1 aliphatic heterocycles. The summed E-state index contributed by atoms with van der Waals surface area (Å²) in [6, 6.07) is 10.3. The van der Waals surface area contributed by atoms with Crippen LogP contribution in [-0.4, -0.2) is 50.4 Å². The number of rotatable bonds is 3. The number of carbonyl (C=O) groups is 1. The Balaban J connectivity index is 1.55. The lowest BCUT2D eigenvalue weighted by Gasteiger charge is -2.34. The first-order valence-electron chi connectivity index (χ1n) is 9.60. The minimum Gasteiger partial charge on any atom is -0.334 e. The minimum atomic E-state index is -0.0157. The van der Waals surface area contributed by atoms with Crippen LogP contribution >= 0.6 is 0 Å². The van der Waals surface area contributed by atoms with Crippen LogP contribution in [0.2, 0.25) is 0 Å². The van der Waals surface area contributed by atoms with Gasteiger partial charge in [0.2, 0.25) is 0 Å². The molecule has 1 aromatic carbocycles. The van der Waals surface area contributed by atoms with Gasteiger partial charge in [-0.3, -0.25) is 14.6 Å². The number of carbonyl (C=O) groups excluding carboxylic acids is 1. The van der Waals surface area contributed by atoms with Crippen molar-refractivity contribution in [2.24, 2.45) is 7.05 Å². The molecule has 0 saturated carbocycles. The Morgan fingerprint density at radius 2 is 2.00 bits per heavy atom. The van der Waals surface area contributed by atoms with E-state index >= 15 is 0 Å². The molecule has 3 aromatic rings. The van der Waals surface area contributed by atoms with Crippen molar-refractivity contribution in [2.75, 3.05) is 19.6 Å². The quantitative estimate of drug-likeness (QED) is 0.734. The molecule has 0 spiro atoms. The van der Waals surface area contributed by atoms with Gasteiger partial charge in [-0.1, -0.05) is 24.3 Å². The summed E-state index contributed by atoms with van der Waals surface area (Å²) in [6.45, 7) is 8.17. The molecule has 4 rings (SSSR count). The van der Waals surface area contributed by atoms with Gasteiger partial charge in [0.1, 0.15) is 5.69 Å². The first-order chi connectivity index (χ1) is 13.5. The normalized spacial score (nSPS) is 17.1. The van der Waals surface area contributed by atoms with Crippen LogP contribution in [0.3, 0.4) is 0 Å². The van der Waals surface area contributed by atoms with Crippen LogP contribution in [0.5, 0.6) is 0 Å². The number of aromatic amines is 1. The van der Waals surface area contributed by atoms with E-state index in [-0.39, 0.29) is 11.9 Å². The van der Waals surface area contributed by atoms with Gasteiger partial charge in [0.25, 0.3) is 5.91 Å². The summed E-state index contributed by atoms with van der Waals surface area (Å²) < 4.78 is 1.84. The van der Waals surface area contributed by atoms with Crippen LogP contribution in [0.25, 0.3) is 11.3 Å². The molecule has 2 aromatic heterocycles. The molecule has 7 nitrogen and oxygen atoms in total. The Bertz CT molecular complexity index is 1020. The second kappa shape index (κ2) is 7.24. The summed E-state index contributed by atoms with van der Waals surface area (Å²) in [5.41, 5.74) is 6.68. The maximum atomic E-state index is 13.1. The average Bonchev–Trinajstić information content (AvgIpc) is 3.26. The number of aryl methyl sites for hydroxylation is 3. The van der Waals surface area contributed by atoms with Gasteiger partial charge in [0.15, 0.2) is 0 Å². The van der Waals surface area contributed by atoms with Gasteiger partial charge in [-0.2, -0.15) is 10.2 Å². The molecule has 0 bridgehead atoms. The number of nitrogens with zero attached hydrogens (tertiary/aromatic N) is 4. The number of hydrogen-bond donors (Lipinski definition) is 2. The highest BCUT2D eigenvalue weighted by atomic mass is 16.2. The zero-order valence-electron chi connectivity index (χ0n) is 16.8. The zero-order chi connectivity index (χ0) is 19.8. The van der Waals surface area contributed by atoms with E-state index in [0.29, 0.717) is 18.8 Å². The van der Waals surface area contributed by atoms with Gasteiger partial charge >= 0.3 is 0 Å². The third kappa shape index (κ3) is 3.22. The summed E-state index contributed by atoms with van der Waals surface area (Å²) in [4.78, 5) is 15.0. The van der Waals surface area contributed by atoms with Gasteiger partial charge in [-0.05, 0) is 38.0 Å². The maximum absolute atomic E-state index is 13.1. The molecule has 0 aliphatic carbocycles. The molecule has 1 saturated heterocycles. The maximum Gasteiger partial charge on any atom is 0.271 e. The monoisotopic (exact) mass is 378 g/mol. The van der Waals surface area contributed by atoms with E-state index in [1.807, 2.05) is 48.7 Å². The number of aromatic nitrogens is 4. The molecule has 7 heteroatoms. The van der Waals surface area contributed by atoms with E-state index < -0.39 is 0 Å². The highest BCUT2D eigenvalue weighted by molar-refractivity contribution is 5.93. The Labute approximate surface area is 164 Å². The van der Waals surface area contributed by atoms with Crippen molar-refractivity contribution in [1.29, 1.82) is 0 Å². The van der Waals surface area contributed by atoms with Crippen LogP contribution in [0, 0.1) is 20.8 Å². The van der Waals surface area contributed by atoms with E-state index in [4.69, 9.17) is 0 Å². The lowest BCUT2D eigenvalue weighted by molar-refractivity contribution is 0.0696. The highest BCUT2D eigenvalue weighted by Crippen LogP contribution is 2.26. The van der Waals surface area contributed by atoms with Gasteiger partial charge in [-0.25, -0.2) is 0 Å². The highest BCUT2D eigenvalue weighted by Gasteiger charge is 2.27. The first-order valence-corrected chi connectivity index (χ1v) is 9.60. The van der Waals surface area contributed by atoms with E-state index in [9.17, 15) is 4.79 Å². The van der Waals surface area contributed by atoms with Crippen LogP contribution in [0.15, 0.2) is 30.3 Å². The standard InChI is InChI=1S/C21H26N6O/c1-13-7-5-6-8-16(13)19-12-27(10-9-22-19)21(28)18-11-17(23-24-18)20-14(2)25-26(4)15(20)3/h5-8,11,19,22H,9-10,12H2,1-4H3,(H,23,24). The van der Waals surface area contributed by atoms with Crippen LogP contribution in [0.4, 0.5) is 0 Å².